The molecule has 0 saturated carbocycles. The normalized spacial score (nSPS) is 12.2. The number of carboxylic acids is 1. The van der Waals surface area contributed by atoms with Crippen molar-refractivity contribution in [1.82, 2.24) is 9.88 Å². The molecular formula is C19H15F4N3O4. The van der Waals surface area contributed by atoms with Crippen LogP contribution in [0.15, 0.2) is 18.2 Å². The molecular weight excluding hydrogens is 410 g/mol. The van der Waals surface area contributed by atoms with Gasteiger partial charge in [-0.05, 0) is 44.5 Å². The monoisotopic (exact) mass is 425 g/mol. The van der Waals surface area contributed by atoms with Gasteiger partial charge in [-0.15, -0.1) is 0 Å². The Labute approximate surface area is 167 Å². The second kappa shape index (κ2) is 7.98. The number of carboxylic acid groups (broad SMARTS) is 1. The van der Waals surface area contributed by atoms with Crippen LogP contribution in [0.4, 0.5) is 17.6 Å². The molecule has 0 saturated heterocycles. The molecule has 2 N–H and O–H groups in total. The van der Waals surface area contributed by atoms with E-state index >= 15 is 0 Å². The number of hydrogen-bond donors (Lipinski definition) is 2. The average molecular weight is 425 g/mol. The van der Waals surface area contributed by atoms with E-state index in [-0.39, 0.29) is 22.5 Å². The summed E-state index contributed by atoms with van der Waals surface area (Å²) in [6, 6.07) is 2.34. The Hall–Kier alpha value is -3.68. The number of hydrogen-bond acceptors (Lipinski definition) is 4. The fourth-order valence-electron chi connectivity index (χ4n) is 2.94. The minimum atomic E-state index is -4.80. The summed E-state index contributed by atoms with van der Waals surface area (Å²) in [5.74, 6) is -5.32. The zero-order valence-electron chi connectivity index (χ0n) is 15.9. The number of carbonyl (C=O) groups excluding carboxylic acids is 2. The summed E-state index contributed by atoms with van der Waals surface area (Å²) >= 11 is 0. The largest absolute Gasteiger partial charge is 0.478 e. The summed E-state index contributed by atoms with van der Waals surface area (Å²) in [7, 11) is 0. The van der Waals surface area contributed by atoms with Crippen LogP contribution in [0.3, 0.4) is 0 Å². The lowest BCUT2D eigenvalue weighted by Crippen LogP contribution is -2.46. The lowest BCUT2D eigenvalue weighted by atomic mass is 10.1. The van der Waals surface area contributed by atoms with Crippen LogP contribution in [0.2, 0.25) is 0 Å². The number of nitrogens with one attached hydrogen (secondary N) is 1. The number of nitriles is 1. The maximum Gasteiger partial charge on any atom is 0.408 e. The topological polar surface area (TPSA) is 112 Å². The predicted octanol–water partition coefficient (Wildman–Crippen LogP) is 3.05. The van der Waals surface area contributed by atoms with Gasteiger partial charge in [0, 0.05) is 11.4 Å². The molecule has 0 radical (unpaired) electrons. The maximum atomic E-state index is 13.7. The van der Waals surface area contributed by atoms with Crippen molar-refractivity contribution < 1.29 is 37.1 Å². The first kappa shape index (κ1) is 22.6. The van der Waals surface area contributed by atoms with Crippen LogP contribution in [0, 0.1) is 31.0 Å². The van der Waals surface area contributed by atoms with Gasteiger partial charge in [0.2, 0.25) is 0 Å². The second-order valence-corrected chi connectivity index (χ2v) is 6.42. The van der Waals surface area contributed by atoms with Crippen molar-refractivity contribution >= 4 is 17.7 Å². The minimum absolute atomic E-state index is 0.0129. The average Bonchev–Trinajstić information content (AvgIpc) is 2.91. The zero-order chi connectivity index (χ0) is 23.0. The first-order valence-electron chi connectivity index (χ1n) is 8.38. The standard InChI is InChI=1S/C19H15F4N3O4/c1-8-14(18(29)30)9(2)26(12-4-5-13(20)11(6-12)7-24)15(8)16(27)17(28)25-10(3)19(21,22)23/h4-6,10H,1-3H3,(H,25,28)(H,29,30)/t10-/m1/s1. The third kappa shape index (κ3) is 4.03. The number of alkyl halides is 3. The van der Waals surface area contributed by atoms with Gasteiger partial charge in [-0.25, -0.2) is 9.18 Å². The highest BCUT2D eigenvalue weighted by molar-refractivity contribution is 6.43. The van der Waals surface area contributed by atoms with Crippen molar-refractivity contribution in [2.24, 2.45) is 0 Å². The fraction of sp³-hybridized carbons (Fsp3) is 0.263. The lowest BCUT2D eigenvalue weighted by molar-refractivity contribution is -0.156. The fourth-order valence-corrected chi connectivity index (χ4v) is 2.94. The summed E-state index contributed by atoms with van der Waals surface area (Å²) < 4.78 is 52.8. The van der Waals surface area contributed by atoms with Crippen molar-refractivity contribution in [2.45, 2.75) is 33.0 Å². The number of amides is 1. The molecule has 158 valence electrons. The molecule has 7 nitrogen and oxygen atoms in total. The van der Waals surface area contributed by atoms with Crippen LogP contribution in [0.1, 0.15) is 44.6 Å². The number of halogens is 4. The van der Waals surface area contributed by atoms with E-state index in [1.807, 2.05) is 0 Å². The van der Waals surface area contributed by atoms with Crippen molar-refractivity contribution in [3.8, 4) is 11.8 Å². The maximum absolute atomic E-state index is 13.7. The third-order valence-electron chi connectivity index (χ3n) is 4.45. The molecule has 0 unspecified atom stereocenters. The molecule has 0 aliphatic heterocycles. The van der Waals surface area contributed by atoms with Gasteiger partial charge in [0.1, 0.15) is 23.6 Å². The highest BCUT2D eigenvalue weighted by atomic mass is 19.4. The van der Waals surface area contributed by atoms with E-state index in [2.05, 4.69) is 0 Å². The number of Topliss-reactive ketones (excluding diaryl/α,β-unsaturated/α-hetero) is 1. The van der Waals surface area contributed by atoms with E-state index < -0.39 is 47.0 Å². The van der Waals surface area contributed by atoms with Crippen molar-refractivity contribution in [3.05, 3.63) is 52.1 Å². The highest BCUT2D eigenvalue weighted by Gasteiger charge is 2.39. The molecule has 0 aliphatic carbocycles. The van der Waals surface area contributed by atoms with Crippen LogP contribution < -0.4 is 5.32 Å². The number of nitrogens with zero attached hydrogens (tertiary/aromatic N) is 2. The summed E-state index contributed by atoms with van der Waals surface area (Å²) in [6.07, 6.45) is -4.80. The van der Waals surface area contributed by atoms with Gasteiger partial charge in [-0.2, -0.15) is 18.4 Å². The quantitative estimate of drug-likeness (QED) is 0.434. The molecule has 1 atom stereocenters. The van der Waals surface area contributed by atoms with Gasteiger partial charge < -0.3 is 15.0 Å². The van der Waals surface area contributed by atoms with Crippen LogP contribution in [0.25, 0.3) is 5.69 Å². The van der Waals surface area contributed by atoms with Gasteiger partial charge >= 0.3 is 12.1 Å². The van der Waals surface area contributed by atoms with Gasteiger partial charge in [0.05, 0.1) is 11.1 Å². The van der Waals surface area contributed by atoms with Crippen molar-refractivity contribution in [3.63, 3.8) is 0 Å². The summed E-state index contributed by atoms with van der Waals surface area (Å²) in [5.41, 5.74) is -1.48. The molecule has 0 aliphatic rings. The Kier molecular flexibility index (Phi) is 6.01. The molecule has 0 bridgehead atoms. The van der Waals surface area contributed by atoms with Crippen LogP contribution in [0.5, 0.6) is 0 Å². The molecule has 2 aromatic rings. The van der Waals surface area contributed by atoms with Crippen LogP contribution in [-0.4, -0.2) is 39.6 Å². The predicted molar refractivity (Wildman–Crippen MR) is 94.9 cm³/mol. The Morgan fingerprint density at radius 1 is 1.23 bits per heavy atom. The van der Waals surface area contributed by atoms with Gasteiger partial charge in [-0.1, -0.05) is 0 Å². The minimum Gasteiger partial charge on any atom is -0.478 e. The van der Waals surface area contributed by atoms with Crippen molar-refractivity contribution in [2.75, 3.05) is 0 Å². The van der Waals surface area contributed by atoms with Gasteiger partial charge in [-0.3, -0.25) is 9.59 Å². The Balaban J connectivity index is 2.69. The molecule has 11 heteroatoms. The van der Waals surface area contributed by atoms with E-state index in [0.29, 0.717) is 6.92 Å². The van der Waals surface area contributed by atoms with Gasteiger partial charge in [0.25, 0.3) is 11.7 Å². The van der Waals surface area contributed by atoms with E-state index in [1.54, 1.807) is 6.07 Å². The molecule has 2 rings (SSSR count). The number of benzene rings is 1. The Bertz CT molecular complexity index is 1100. The SMILES string of the molecule is Cc1c(C(=O)O)c(C)n(-c2ccc(F)c(C#N)c2)c1C(=O)C(=O)N[C@H](C)C(F)(F)F. The smallest absolute Gasteiger partial charge is 0.408 e. The number of ketones is 1. The van der Waals surface area contributed by atoms with E-state index in [4.69, 9.17) is 5.26 Å². The van der Waals surface area contributed by atoms with Crippen LogP contribution >= 0.6 is 0 Å². The molecule has 1 heterocycles. The number of aromatic carboxylic acids is 1. The van der Waals surface area contributed by atoms with Gasteiger partial charge in [0.15, 0.2) is 0 Å². The van der Waals surface area contributed by atoms with E-state index in [1.165, 1.54) is 19.2 Å². The molecule has 1 aromatic heterocycles. The second-order valence-electron chi connectivity index (χ2n) is 6.42. The van der Waals surface area contributed by atoms with E-state index in [9.17, 15) is 37.1 Å². The zero-order valence-corrected chi connectivity index (χ0v) is 15.9. The van der Waals surface area contributed by atoms with Crippen molar-refractivity contribution in [1.29, 1.82) is 5.26 Å². The summed E-state index contributed by atoms with van der Waals surface area (Å²) in [4.78, 5) is 36.5. The number of aromatic nitrogens is 1. The first-order chi connectivity index (χ1) is 13.8. The molecule has 30 heavy (non-hydrogen) atoms. The Morgan fingerprint density at radius 3 is 2.33 bits per heavy atom. The molecule has 0 fully saturated rings. The highest BCUT2D eigenvalue weighted by Crippen LogP contribution is 2.28. The molecule has 1 aromatic carbocycles. The van der Waals surface area contributed by atoms with Crippen LogP contribution in [-0.2, 0) is 4.79 Å². The Morgan fingerprint density at radius 2 is 1.83 bits per heavy atom. The molecule has 0 spiro atoms. The van der Waals surface area contributed by atoms with E-state index in [0.717, 1.165) is 22.8 Å². The lowest BCUT2D eigenvalue weighted by Gasteiger charge is -2.17. The number of carbonyl (C=O) groups is 3. The molecule has 1 amide bonds. The summed E-state index contributed by atoms with van der Waals surface area (Å²) in [5, 5.41) is 20.0. The third-order valence-corrected chi connectivity index (χ3v) is 4.45. The summed E-state index contributed by atoms with van der Waals surface area (Å²) in [6.45, 7) is 3.17. The number of rotatable bonds is 5. The first-order valence-corrected chi connectivity index (χ1v) is 8.38.